The van der Waals surface area contributed by atoms with Gasteiger partial charge in [-0.1, -0.05) is 23.7 Å². The number of alkyl halides is 1. The zero-order valence-corrected chi connectivity index (χ0v) is 10.2. The van der Waals surface area contributed by atoms with Crippen LogP contribution >= 0.6 is 11.6 Å². The topological polar surface area (TPSA) is 12.0 Å². The third kappa shape index (κ3) is 2.55. The summed E-state index contributed by atoms with van der Waals surface area (Å²) in [6.45, 7) is 3.63. The standard InChI is InChI=1S/C13H17ClFN/c1-9(15)11-2-3-12(13(14)8-11)10-4-6-16-7-5-10/h2-3,8-10,16H,4-7H2,1H3. The summed E-state index contributed by atoms with van der Waals surface area (Å²) in [5.74, 6) is 0.526. The minimum Gasteiger partial charge on any atom is -0.317 e. The third-order valence-electron chi connectivity index (χ3n) is 3.26. The summed E-state index contributed by atoms with van der Waals surface area (Å²) in [5, 5.41) is 4.05. The lowest BCUT2D eigenvalue weighted by atomic mass is 9.89. The highest BCUT2D eigenvalue weighted by atomic mass is 35.5. The highest BCUT2D eigenvalue weighted by Crippen LogP contribution is 2.33. The quantitative estimate of drug-likeness (QED) is 0.830. The van der Waals surface area contributed by atoms with Crippen molar-refractivity contribution >= 4 is 11.6 Å². The fraction of sp³-hybridized carbons (Fsp3) is 0.538. The summed E-state index contributed by atoms with van der Waals surface area (Å²) in [4.78, 5) is 0. The van der Waals surface area contributed by atoms with Crippen LogP contribution in [-0.2, 0) is 0 Å². The number of nitrogens with one attached hydrogen (secondary N) is 1. The van der Waals surface area contributed by atoms with E-state index in [-0.39, 0.29) is 0 Å². The average molecular weight is 242 g/mol. The maximum atomic E-state index is 13.1. The van der Waals surface area contributed by atoms with Crippen molar-refractivity contribution in [1.29, 1.82) is 0 Å². The van der Waals surface area contributed by atoms with Gasteiger partial charge in [0.15, 0.2) is 0 Å². The van der Waals surface area contributed by atoms with Crippen molar-refractivity contribution in [3.05, 3.63) is 34.3 Å². The Labute approximate surface area is 101 Å². The zero-order valence-electron chi connectivity index (χ0n) is 9.47. The molecule has 0 amide bonds. The molecule has 16 heavy (non-hydrogen) atoms. The van der Waals surface area contributed by atoms with Crippen LogP contribution in [0.5, 0.6) is 0 Å². The second-order valence-corrected chi connectivity index (χ2v) is 4.83. The lowest BCUT2D eigenvalue weighted by molar-refractivity contribution is 0.374. The number of halogens is 2. The Morgan fingerprint density at radius 2 is 2.06 bits per heavy atom. The highest BCUT2D eigenvalue weighted by Gasteiger charge is 2.18. The molecule has 0 aromatic heterocycles. The molecular weight excluding hydrogens is 225 g/mol. The van der Waals surface area contributed by atoms with Gasteiger partial charge in [0.2, 0.25) is 0 Å². The van der Waals surface area contributed by atoms with Gasteiger partial charge in [-0.25, -0.2) is 4.39 Å². The molecule has 1 saturated heterocycles. The molecule has 1 N–H and O–H groups in total. The van der Waals surface area contributed by atoms with E-state index in [9.17, 15) is 4.39 Å². The smallest absolute Gasteiger partial charge is 0.122 e. The maximum absolute atomic E-state index is 13.1. The van der Waals surface area contributed by atoms with E-state index in [1.54, 1.807) is 6.07 Å². The van der Waals surface area contributed by atoms with Crippen molar-refractivity contribution in [3.63, 3.8) is 0 Å². The van der Waals surface area contributed by atoms with Gasteiger partial charge >= 0.3 is 0 Å². The Bertz CT molecular complexity index is 359. The molecule has 2 rings (SSSR count). The van der Waals surface area contributed by atoms with E-state index in [1.807, 2.05) is 12.1 Å². The lowest BCUT2D eigenvalue weighted by Gasteiger charge is -2.24. The first kappa shape index (κ1) is 11.9. The molecule has 1 nitrogen and oxygen atoms in total. The molecule has 1 unspecified atom stereocenters. The zero-order chi connectivity index (χ0) is 11.5. The molecule has 0 spiro atoms. The molecule has 1 aromatic carbocycles. The molecule has 3 heteroatoms. The van der Waals surface area contributed by atoms with Crippen molar-refractivity contribution in [2.24, 2.45) is 0 Å². The summed E-state index contributed by atoms with van der Waals surface area (Å²) in [7, 11) is 0. The van der Waals surface area contributed by atoms with Gasteiger partial charge in [0.25, 0.3) is 0 Å². The van der Waals surface area contributed by atoms with Crippen LogP contribution in [0.15, 0.2) is 18.2 Å². The first-order valence-electron chi connectivity index (χ1n) is 5.82. The molecule has 0 aliphatic carbocycles. The summed E-state index contributed by atoms with van der Waals surface area (Å²) < 4.78 is 13.1. The van der Waals surface area contributed by atoms with Gasteiger partial charge in [-0.05, 0) is 56.0 Å². The molecule has 88 valence electrons. The van der Waals surface area contributed by atoms with Crippen LogP contribution in [0.3, 0.4) is 0 Å². The highest BCUT2D eigenvalue weighted by molar-refractivity contribution is 6.31. The van der Waals surface area contributed by atoms with Crippen molar-refractivity contribution in [1.82, 2.24) is 5.32 Å². The van der Waals surface area contributed by atoms with Crippen molar-refractivity contribution in [2.45, 2.75) is 31.9 Å². The van der Waals surface area contributed by atoms with Gasteiger partial charge in [0.05, 0.1) is 0 Å². The molecule has 1 aromatic rings. The first-order chi connectivity index (χ1) is 7.68. The minimum absolute atomic E-state index is 0.526. The third-order valence-corrected chi connectivity index (χ3v) is 3.59. The monoisotopic (exact) mass is 241 g/mol. The summed E-state index contributed by atoms with van der Waals surface area (Å²) in [6, 6.07) is 5.61. The van der Waals surface area contributed by atoms with Crippen LogP contribution in [0.2, 0.25) is 5.02 Å². The molecule has 1 aliphatic heterocycles. The number of piperidine rings is 1. The van der Waals surface area contributed by atoms with E-state index >= 15 is 0 Å². The van der Waals surface area contributed by atoms with Crippen LogP contribution < -0.4 is 5.32 Å². The maximum Gasteiger partial charge on any atom is 0.122 e. The van der Waals surface area contributed by atoms with E-state index in [0.717, 1.165) is 25.9 Å². The second kappa shape index (κ2) is 5.15. The van der Waals surface area contributed by atoms with Gasteiger partial charge in [0.1, 0.15) is 6.17 Å². The SMILES string of the molecule is CC(F)c1ccc(C2CCNCC2)c(Cl)c1. The van der Waals surface area contributed by atoms with Crippen molar-refractivity contribution in [2.75, 3.05) is 13.1 Å². The first-order valence-corrected chi connectivity index (χ1v) is 6.20. The van der Waals surface area contributed by atoms with Crippen molar-refractivity contribution < 1.29 is 4.39 Å². The fourth-order valence-corrected chi connectivity index (χ4v) is 2.60. The number of hydrogen-bond donors (Lipinski definition) is 1. The van der Waals surface area contributed by atoms with E-state index < -0.39 is 6.17 Å². The Balaban J connectivity index is 2.21. The molecule has 0 saturated carbocycles. The molecule has 1 heterocycles. The van der Waals surface area contributed by atoms with E-state index in [2.05, 4.69) is 5.32 Å². The van der Waals surface area contributed by atoms with Crippen LogP contribution in [0, 0.1) is 0 Å². The fourth-order valence-electron chi connectivity index (χ4n) is 2.25. The molecule has 1 atom stereocenters. The molecule has 1 aliphatic rings. The Hall–Kier alpha value is -0.600. The van der Waals surface area contributed by atoms with E-state index in [0.29, 0.717) is 16.5 Å². The van der Waals surface area contributed by atoms with E-state index in [1.165, 1.54) is 12.5 Å². The Morgan fingerprint density at radius 3 is 2.62 bits per heavy atom. The van der Waals surface area contributed by atoms with Crippen LogP contribution in [0.1, 0.15) is 43.0 Å². The van der Waals surface area contributed by atoms with Crippen LogP contribution in [0.4, 0.5) is 4.39 Å². The molecule has 0 bridgehead atoms. The number of hydrogen-bond acceptors (Lipinski definition) is 1. The summed E-state index contributed by atoms with van der Waals surface area (Å²) in [6.07, 6.45) is 1.29. The number of rotatable bonds is 2. The van der Waals surface area contributed by atoms with Gasteiger partial charge in [-0.2, -0.15) is 0 Å². The van der Waals surface area contributed by atoms with Crippen LogP contribution in [0.25, 0.3) is 0 Å². The average Bonchev–Trinajstić information content (AvgIpc) is 2.30. The minimum atomic E-state index is -0.945. The summed E-state index contributed by atoms with van der Waals surface area (Å²) in [5.41, 5.74) is 1.84. The summed E-state index contributed by atoms with van der Waals surface area (Å²) >= 11 is 6.22. The Morgan fingerprint density at radius 1 is 1.38 bits per heavy atom. The predicted molar refractivity (Wildman–Crippen MR) is 65.8 cm³/mol. The van der Waals surface area contributed by atoms with Crippen molar-refractivity contribution in [3.8, 4) is 0 Å². The Kier molecular flexibility index (Phi) is 3.82. The lowest BCUT2D eigenvalue weighted by Crippen LogP contribution is -2.26. The molecular formula is C13H17ClFN. The van der Waals surface area contributed by atoms with Gasteiger partial charge in [0, 0.05) is 5.02 Å². The predicted octanol–water partition coefficient (Wildman–Crippen LogP) is 3.84. The van der Waals surface area contributed by atoms with Gasteiger partial charge in [-0.3, -0.25) is 0 Å². The van der Waals surface area contributed by atoms with E-state index in [4.69, 9.17) is 11.6 Å². The second-order valence-electron chi connectivity index (χ2n) is 4.42. The largest absolute Gasteiger partial charge is 0.317 e. The van der Waals surface area contributed by atoms with Gasteiger partial charge < -0.3 is 5.32 Å². The normalized spacial score (nSPS) is 19.7. The number of benzene rings is 1. The van der Waals surface area contributed by atoms with Crippen LogP contribution in [-0.4, -0.2) is 13.1 Å². The van der Waals surface area contributed by atoms with Gasteiger partial charge in [-0.15, -0.1) is 0 Å². The molecule has 1 fully saturated rings. The molecule has 0 radical (unpaired) electrons.